The fraction of sp³-hybridized carbons (Fsp3) is 0.211. The zero-order valence-electron chi connectivity index (χ0n) is 14.3. The van der Waals surface area contributed by atoms with Gasteiger partial charge < -0.3 is 4.90 Å². The lowest BCUT2D eigenvalue weighted by Crippen LogP contribution is -2.39. The van der Waals surface area contributed by atoms with Gasteiger partial charge in [0.1, 0.15) is 0 Å². The lowest BCUT2D eigenvalue weighted by atomic mass is 10.00. The number of aromatic amines is 1. The number of nitrogens with one attached hydrogen (secondary N) is 2. The van der Waals surface area contributed by atoms with Gasteiger partial charge in [0.2, 0.25) is 5.95 Å². The molecule has 2 amide bonds. The molecule has 26 heavy (non-hydrogen) atoms. The molecule has 7 heteroatoms. The molecule has 0 atom stereocenters. The highest BCUT2D eigenvalue weighted by Crippen LogP contribution is 2.26. The van der Waals surface area contributed by atoms with Crippen molar-refractivity contribution in [2.45, 2.75) is 19.9 Å². The summed E-state index contributed by atoms with van der Waals surface area (Å²) < 4.78 is 0. The van der Waals surface area contributed by atoms with Crippen molar-refractivity contribution in [2.75, 3.05) is 11.9 Å². The number of anilines is 1. The maximum atomic E-state index is 12.6. The van der Waals surface area contributed by atoms with E-state index < -0.39 is 0 Å². The van der Waals surface area contributed by atoms with Crippen molar-refractivity contribution in [1.82, 2.24) is 20.1 Å². The molecule has 1 aliphatic rings. The van der Waals surface area contributed by atoms with E-state index in [0.29, 0.717) is 18.9 Å². The summed E-state index contributed by atoms with van der Waals surface area (Å²) in [4.78, 5) is 18.7. The summed E-state index contributed by atoms with van der Waals surface area (Å²) in [6.45, 7) is 3.15. The minimum absolute atomic E-state index is 0.217. The average Bonchev–Trinajstić information content (AvgIpc) is 3.10. The first-order valence-corrected chi connectivity index (χ1v) is 8.79. The van der Waals surface area contributed by atoms with Crippen molar-refractivity contribution < 1.29 is 4.79 Å². The third-order valence-electron chi connectivity index (χ3n) is 4.49. The highest BCUT2D eigenvalue weighted by Gasteiger charge is 2.23. The SMILES string of the molecule is Cc1cccc(-c2nc(NC(=O)N3CCc4c(Cl)cccc4C3)n[nH]2)c1. The van der Waals surface area contributed by atoms with Crippen molar-refractivity contribution in [1.29, 1.82) is 0 Å². The maximum absolute atomic E-state index is 12.6. The lowest BCUT2D eigenvalue weighted by molar-refractivity contribution is 0.206. The second-order valence-corrected chi connectivity index (χ2v) is 6.76. The van der Waals surface area contributed by atoms with Gasteiger partial charge in [0.15, 0.2) is 5.82 Å². The molecular formula is C19H18ClN5O. The average molecular weight is 368 g/mol. The van der Waals surface area contributed by atoms with Crippen LogP contribution in [0, 0.1) is 6.92 Å². The van der Waals surface area contributed by atoms with E-state index >= 15 is 0 Å². The molecule has 1 aliphatic heterocycles. The molecule has 0 saturated carbocycles. The number of rotatable bonds is 2. The van der Waals surface area contributed by atoms with Gasteiger partial charge in [-0.3, -0.25) is 10.4 Å². The van der Waals surface area contributed by atoms with Gasteiger partial charge in [-0.25, -0.2) is 4.79 Å². The Labute approximate surface area is 156 Å². The monoisotopic (exact) mass is 367 g/mol. The summed E-state index contributed by atoms with van der Waals surface area (Å²) in [6, 6.07) is 13.5. The van der Waals surface area contributed by atoms with Gasteiger partial charge in [-0.2, -0.15) is 4.98 Å². The third kappa shape index (κ3) is 3.28. The van der Waals surface area contributed by atoms with Crippen molar-refractivity contribution in [3.8, 4) is 11.4 Å². The van der Waals surface area contributed by atoms with Gasteiger partial charge in [0.05, 0.1) is 0 Å². The minimum atomic E-state index is -0.217. The fourth-order valence-corrected chi connectivity index (χ4v) is 3.44. The zero-order valence-corrected chi connectivity index (χ0v) is 15.0. The topological polar surface area (TPSA) is 73.9 Å². The second-order valence-electron chi connectivity index (χ2n) is 6.36. The molecule has 0 radical (unpaired) electrons. The van der Waals surface area contributed by atoms with Crippen molar-refractivity contribution in [2.24, 2.45) is 0 Å². The van der Waals surface area contributed by atoms with Crippen LogP contribution in [0.5, 0.6) is 0 Å². The quantitative estimate of drug-likeness (QED) is 0.718. The predicted molar refractivity (Wildman–Crippen MR) is 101 cm³/mol. The molecule has 0 aliphatic carbocycles. The molecule has 6 nitrogen and oxygen atoms in total. The van der Waals surface area contributed by atoms with Gasteiger partial charge in [-0.05, 0) is 36.6 Å². The van der Waals surface area contributed by atoms with Gasteiger partial charge in [-0.15, -0.1) is 5.10 Å². The van der Waals surface area contributed by atoms with Crippen LogP contribution in [0.1, 0.15) is 16.7 Å². The Kier molecular flexibility index (Phi) is 4.34. The molecule has 0 spiro atoms. The van der Waals surface area contributed by atoms with E-state index in [4.69, 9.17) is 11.6 Å². The summed E-state index contributed by atoms with van der Waals surface area (Å²) in [5.74, 6) is 0.892. The fourth-order valence-electron chi connectivity index (χ4n) is 3.15. The van der Waals surface area contributed by atoms with E-state index in [1.54, 1.807) is 4.90 Å². The molecule has 2 heterocycles. The first kappa shape index (κ1) is 16.6. The molecular weight excluding hydrogens is 350 g/mol. The highest BCUT2D eigenvalue weighted by atomic mass is 35.5. The Hall–Kier alpha value is -2.86. The molecule has 132 valence electrons. The number of amides is 2. The summed E-state index contributed by atoms with van der Waals surface area (Å²) in [5, 5.41) is 10.5. The Bertz CT molecular complexity index is 968. The standard InChI is InChI=1S/C19H18ClN5O/c1-12-4-2-5-13(10-12)17-21-18(24-23-17)22-19(26)25-9-8-15-14(11-25)6-3-7-16(15)20/h2-7,10H,8-9,11H2,1H3,(H2,21,22,23,24,26). The van der Waals surface area contributed by atoms with Gasteiger partial charge in [0.25, 0.3) is 0 Å². The number of carbonyl (C=O) groups excluding carboxylic acids is 1. The van der Waals surface area contributed by atoms with E-state index in [1.165, 1.54) is 0 Å². The highest BCUT2D eigenvalue weighted by molar-refractivity contribution is 6.31. The van der Waals surface area contributed by atoms with Gasteiger partial charge in [-0.1, -0.05) is 47.5 Å². The molecule has 0 bridgehead atoms. The Morgan fingerprint density at radius 3 is 2.96 bits per heavy atom. The number of urea groups is 1. The van der Waals surface area contributed by atoms with Crippen LogP contribution in [0.25, 0.3) is 11.4 Å². The number of benzene rings is 2. The zero-order chi connectivity index (χ0) is 18.1. The number of hydrogen-bond acceptors (Lipinski definition) is 3. The summed E-state index contributed by atoms with van der Waals surface area (Å²) in [6.07, 6.45) is 0.741. The first-order chi connectivity index (χ1) is 12.6. The Morgan fingerprint density at radius 1 is 1.27 bits per heavy atom. The normalized spacial score (nSPS) is 13.4. The molecule has 2 N–H and O–H groups in total. The number of halogens is 1. The van der Waals surface area contributed by atoms with Crippen LogP contribution in [0.4, 0.5) is 10.7 Å². The van der Waals surface area contributed by atoms with E-state index in [0.717, 1.165) is 33.7 Å². The number of fused-ring (bicyclic) bond motifs is 1. The van der Waals surface area contributed by atoms with E-state index in [-0.39, 0.29) is 12.0 Å². The van der Waals surface area contributed by atoms with E-state index in [2.05, 4.69) is 20.5 Å². The molecule has 1 aromatic heterocycles. The van der Waals surface area contributed by atoms with Crippen LogP contribution in [0.15, 0.2) is 42.5 Å². The van der Waals surface area contributed by atoms with Crippen LogP contribution < -0.4 is 5.32 Å². The van der Waals surface area contributed by atoms with Crippen LogP contribution in [-0.2, 0) is 13.0 Å². The third-order valence-corrected chi connectivity index (χ3v) is 4.85. The maximum Gasteiger partial charge on any atom is 0.324 e. The molecule has 0 fully saturated rings. The molecule has 2 aromatic carbocycles. The van der Waals surface area contributed by atoms with Crippen LogP contribution in [-0.4, -0.2) is 32.7 Å². The molecule has 3 aromatic rings. The minimum Gasteiger partial charge on any atom is -0.320 e. The number of carbonyl (C=O) groups is 1. The lowest BCUT2D eigenvalue weighted by Gasteiger charge is -2.29. The number of aryl methyl sites for hydroxylation is 1. The first-order valence-electron chi connectivity index (χ1n) is 8.42. The van der Waals surface area contributed by atoms with Crippen molar-refractivity contribution in [3.05, 3.63) is 64.2 Å². The van der Waals surface area contributed by atoms with Crippen molar-refractivity contribution in [3.63, 3.8) is 0 Å². The van der Waals surface area contributed by atoms with Crippen LogP contribution >= 0.6 is 11.6 Å². The van der Waals surface area contributed by atoms with Gasteiger partial charge >= 0.3 is 6.03 Å². The summed E-state index contributed by atoms with van der Waals surface area (Å²) in [7, 11) is 0. The summed E-state index contributed by atoms with van der Waals surface area (Å²) >= 11 is 6.23. The van der Waals surface area contributed by atoms with Crippen molar-refractivity contribution >= 4 is 23.6 Å². The Morgan fingerprint density at radius 2 is 2.12 bits per heavy atom. The van der Waals surface area contributed by atoms with Crippen LogP contribution in [0.2, 0.25) is 5.02 Å². The number of aromatic nitrogens is 3. The molecule has 0 unspecified atom stereocenters. The van der Waals surface area contributed by atoms with E-state index in [9.17, 15) is 4.79 Å². The number of hydrogen-bond donors (Lipinski definition) is 2. The largest absolute Gasteiger partial charge is 0.324 e. The smallest absolute Gasteiger partial charge is 0.320 e. The Balaban J connectivity index is 1.46. The van der Waals surface area contributed by atoms with E-state index in [1.807, 2.05) is 49.4 Å². The van der Waals surface area contributed by atoms with Crippen LogP contribution in [0.3, 0.4) is 0 Å². The number of nitrogens with zero attached hydrogens (tertiary/aromatic N) is 3. The second kappa shape index (κ2) is 6.80. The van der Waals surface area contributed by atoms with Gasteiger partial charge in [0, 0.05) is 23.7 Å². The summed E-state index contributed by atoms with van der Waals surface area (Å²) in [5.41, 5.74) is 4.27. The molecule has 4 rings (SSSR count). The predicted octanol–water partition coefficient (Wildman–Crippen LogP) is 4.02. The molecule has 0 saturated heterocycles. The number of H-pyrrole nitrogens is 1.